The van der Waals surface area contributed by atoms with Gasteiger partial charge in [-0.2, -0.15) is 0 Å². The molecule has 0 saturated heterocycles. The van der Waals surface area contributed by atoms with Crippen LogP contribution in [0.2, 0.25) is 10.0 Å². The van der Waals surface area contributed by atoms with Crippen molar-refractivity contribution in [1.82, 2.24) is 0 Å². The lowest BCUT2D eigenvalue weighted by Crippen LogP contribution is -2.01. The van der Waals surface area contributed by atoms with Crippen molar-refractivity contribution in [3.63, 3.8) is 0 Å². The third-order valence-electron chi connectivity index (χ3n) is 2.43. The number of ether oxygens (including phenoxy) is 2. The Morgan fingerprint density at radius 1 is 0.889 bits per heavy atom. The predicted octanol–water partition coefficient (Wildman–Crippen LogP) is 6.42. The fraction of sp³-hybridized carbons (Fsp3) is 0. The molecule has 0 aliphatic carbocycles. The molecule has 2 aromatic rings. The maximum atomic E-state index is 6.18. The highest BCUT2D eigenvalue weighted by atomic mass is 79.9. The molecule has 0 bridgehead atoms. The van der Waals surface area contributed by atoms with Crippen molar-refractivity contribution in [2.75, 3.05) is 0 Å². The maximum absolute atomic E-state index is 6.18. The zero-order chi connectivity index (χ0) is 12.9. The van der Waals surface area contributed by atoms with E-state index in [4.69, 9.17) is 32.7 Å². The van der Waals surface area contributed by atoms with Crippen LogP contribution in [0, 0.1) is 0 Å². The molecule has 0 saturated carbocycles. The molecule has 3 rings (SSSR count). The standard InChI is InChI=1S/C12H4Br2Cl2O2/c13-5-4-6(14)10-12(9(5)16)17-8-3-1-2-7(15)11(8)18-10/h1-4H. The number of benzene rings is 2. The van der Waals surface area contributed by atoms with E-state index < -0.39 is 0 Å². The minimum atomic E-state index is 0.457. The summed E-state index contributed by atoms with van der Waals surface area (Å²) in [5, 5.41) is 0.947. The zero-order valence-electron chi connectivity index (χ0n) is 8.64. The van der Waals surface area contributed by atoms with Crippen LogP contribution in [0.25, 0.3) is 0 Å². The van der Waals surface area contributed by atoms with Gasteiger partial charge in [0.15, 0.2) is 23.0 Å². The summed E-state index contributed by atoms with van der Waals surface area (Å²) in [7, 11) is 0. The number of hydrogen-bond acceptors (Lipinski definition) is 2. The quantitative estimate of drug-likeness (QED) is 0.398. The van der Waals surface area contributed by atoms with E-state index in [0.717, 1.165) is 8.95 Å². The second-order valence-corrected chi connectivity index (χ2v) is 6.08. The second kappa shape index (κ2) is 4.60. The third kappa shape index (κ3) is 1.92. The molecule has 2 aromatic carbocycles. The highest BCUT2D eigenvalue weighted by Crippen LogP contribution is 2.55. The van der Waals surface area contributed by atoms with Gasteiger partial charge in [0, 0.05) is 4.47 Å². The molecule has 6 heteroatoms. The van der Waals surface area contributed by atoms with E-state index in [0.29, 0.717) is 33.0 Å². The normalized spacial score (nSPS) is 12.2. The molecule has 92 valence electrons. The number of halogens is 4. The molecule has 0 fully saturated rings. The van der Waals surface area contributed by atoms with Crippen molar-refractivity contribution in [2.24, 2.45) is 0 Å². The first-order valence-electron chi connectivity index (χ1n) is 4.89. The molecular weight excluding hydrogens is 407 g/mol. The Morgan fingerprint density at radius 3 is 2.44 bits per heavy atom. The lowest BCUT2D eigenvalue weighted by molar-refractivity contribution is 0.358. The van der Waals surface area contributed by atoms with E-state index in [2.05, 4.69) is 31.9 Å². The average Bonchev–Trinajstić information content (AvgIpc) is 2.35. The Morgan fingerprint density at radius 2 is 1.67 bits per heavy atom. The Balaban J connectivity index is 2.22. The molecule has 18 heavy (non-hydrogen) atoms. The van der Waals surface area contributed by atoms with Crippen molar-refractivity contribution in [1.29, 1.82) is 0 Å². The third-order valence-corrected chi connectivity index (χ3v) is 4.55. The second-order valence-electron chi connectivity index (χ2n) is 3.58. The molecular formula is C12H4Br2Cl2O2. The Bertz CT molecular complexity index is 659. The van der Waals surface area contributed by atoms with Gasteiger partial charge in [0.1, 0.15) is 5.02 Å². The minimum Gasteiger partial charge on any atom is -0.448 e. The molecule has 0 N–H and O–H groups in total. The van der Waals surface area contributed by atoms with Gasteiger partial charge in [-0.25, -0.2) is 0 Å². The van der Waals surface area contributed by atoms with Gasteiger partial charge in [-0.3, -0.25) is 0 Å². The fourth-order valence-electron chi connectivity index (χ4n) is 1.62. The molecule has 0 amide bonds. The summed E-state index contributed by atoms with van der Waals surface area (Å²) in [6, 6.07) is 7.10. The number of fused-ring (bicyclic) bond motifs is 2. The number of para-hydroxylation sites is 1. The van der Waals surface area contributed by atoms with Crippen LogP contribution in [0.4, 0.5) is 0 Å². The maximum Gasteiger partial charge on any atom is 0.191 e. The molecule has 0 spiro atoms. The monoisotopic (exact) mass is 408 g/mol. The lowest BCUT2D eigenvalue weighted by atomic mass is 10.2. The van der Waals surface area contributed by atoms with E-state index in [1.807, 2.05) is 0 Å². The van der Waals surface area contributed by atoms with Crippen LogP contribution in [-0.4, -0.2) is 0 Å². The van der Waals surface area contributed by atoms with Crippen molar-refractivity contribution in [3.05, 3.63) is 43.3 Å². The van der Waals surface area contributed by atoms with E-state index in [-0.39, 0.29) is 0 Å². The van der Waals surface area contributed by atoms with Crippen LogP contribution >= 0.6 is 55.1 Å². The highest BCUT2D eigenvalue weighted by Gasteiger charge is 2.26. The van der Waals surface area contributed by atoms with Crippen molar-refractivity contribution >= 4 is 55.1 Å². The van der Waals surface area contributed by atoms with E-state index in [1.54, 1.807) is 24.3 Å². The van der Waals surface area contributed by atoms with Gasteiger partial charge >= 0.3 is 0 Å². The van der Waals surface area contributed by atoms with Gasteiger partial charge in [0.2, 0.25) is 0 Å². The summed E-state index contributed by atoms with van der Waals surface area (Å²) in [4.78, 5) is 0. The summed E-state index contributed by atoms with van der Waals surface area (Å²) >= 11 is 19.0. The average molecular weight is 411 g/mol. The van der Waals surface area contributed by atoms with Crippen molar-refractivity contribution in [3.8, 4) is 23.0 Å². The Labute approximate surface area is 130 Å². The molecule has 0 radical (unpaired) electrons. The first-order chi connectivity index (χ1) is 8.58. The summed E-state index contributed by atoms with van der Waals surface area (Å²) in [6.07, 6.45) is 0. The van der Waals surface area contributed by atoms with Crippen LogP contribution in [0.1, 0.15) is 0 Å². The molecule has 1 heterocycles. The van der Waals surface area contributed by atoms with Gasteiger partial charge in [-0.1, -0.05) is 29.3 Å². The molecule has 0 aromatic heterocycles. The fourth-order valence-corrected chi connectivity index (χ4v) is 3.21. The van der Waals surface area contributed by atoms with E-state index in [1.165, 1.54) is 0 Å². The van der Waals surface area contributed by atoms with E-state index in [9.17, 15) is 0 Å². The van der Waals surface area contributed by atoms with Gasteiger partial charge in [-0.15, -0.1) is 0 Å². The van der Waals surface area contributed by atoms with Gasteiger partial charge in [0.25, 0.3) is 0 Å². The predicted molar refractivity (Wildman–Crippen MR) is 78.5 cm³/mol. The first-order valence-corrected chi connectivity index (χ1v) is 7.24. The molecule has 1 aliphatic heterocycles. The lowest BCUT2D eigenvalue weighted by Gasteiger charge is -2.23. The molecule has 0 unspecified atom stereocenters. The molecule has 1 aliphatic rings. The van der Waals surface area contributed by atoms with Crippen molar-refractivity contribution < 1.29 is 9.47 Å². The molecule has 0 atom stereocenters. The summed E-state index contributed by atoms with van der Waals surface area (Å²) in [6.45, 7) is 0. The Kier molecular flexibility index (Phi) is 3.22. The summed E-state index contributed by atoms with van der Waals surface area (Å²) < 4.78 is 13.0. The first kappa shape index (κ1) is 12.6. The SMILES string of the molecule is Clc1cccc2c1Oc1c(Br)cc(Br)c(Cl)c1O2. The largest absolute Gasteiger partial charge is 0.448 e. The minimum absolute atomic E-state index is 0.457. The highest BCUT2D eigenvalue weighted by molar-refractivity contribution is 9.11. The van der Waals surface area contributed by atoms with Gasteiger partial charge < -0.3 is 9.47 Å². The zero-order valence-corrected chi connectivity index (χ0v) is 13.3. The van der Waals surface area contributed by atoms with Crippen LogP contribution in [0.3, 0.4) is 0 Å². The van der Waals surface area contributed by atoms with Crippen LogP contribution in [0.5, 0.6) is 23.0 Å². The van der Waals surface area contributed by atoms with Crippen molar-refractivity contribution in [2.45, 2.75) is 0 Å². The van der Waals surface area contributed by atoms with E-state index >= 15 is 0 Å². The Hall–Kier alpha value is -0.420. The van der Waals surface area contributed by atoms with Gasteiger partial charge in [-0.05, 0) is 50.1 Å². The number of rotatable bonds is 0. The van der Waals surface area contributed by atoms with Crippen LogP contribution < -0.4 is 9.47 Å². The summed E-state index contributed by atoms with van der Waals surface area (Å²) in [5.41, 5.74) is 0. The van der Waals surface area contributed by atoms with Crippen LogP contribution in [0.15, 0.2) is 33.2 Å². The smallest absolute Gasteiger partial charge is 0.191 e. The summed E-state index contributed by atoms with van der Waals surface area (Å²) in [5.74, 6) is 2.02. The van der Waals surface area contributed by atoms with Gasteiger partial charge in [0.05, 0.1) is 9.50 Å². The molecule has 2 nitrogen and oxygen atoms in total. The number of hydrogen-bond donors (Lipinski definition) is 0. The van der Waals surface area contributed by atoms with Crippen LogP contribution in [-0.2, 0) is 0 Å². The topological polar surface area (TPSA) is 18.5 Å².